The molecule has 0 spiro atoms. The van der Waals surface area contributed by atoms with Gasteiger partial charge < -0.3 is 4.90 Å². The maximum absolute atomic E-state index is 12.2. The van der Waals surface area contributed by atoms with Crippen LogP contribution in [0.2, 0.25) is 0 Å². The van der Waals surface area contributed by atoms with Gasteiger partial charge in [0.2, 0.25) is 5.91 Å². The molecule has 2 nitrogen and oxygen atoms in total. The molecule has 0 aromatic carbocycles. The molecule has 1 unspecified atom stereocenters. The zero-order chi connectivity index (χ0) is 10.2. The Balaban J connectivity index is 1.96. The molecule has 14 heavy (non-hydrogen) atoms. The van der Waals surface area contributed by atoms with Crippen LogP contribution in [-0.2, 0) is 4.79 Å². The van der Waals surface area contributed by atoms with E-state index in [9.17, 15) is 4.79 Å². The van der Waals surface area contributed by atoms with Crippen LogP contribution in [0.5, 0.6) is 0 Å². The van der Waals surface area contributed by atoms with Gasteiger partial charge >= 0.3 is 0 Å². The number of nitrogens with zero attached hydrogens (tertiary/aromatic N) is 1. The van der Waals surface area contributed by atoms with Crippen LogP contribution in [-0.4, -0.2) is 23.9 Å². The highest BCUT2D eigenvalue weighted by molar-refractivity contribution is 5.83. The maximum atomic E-state index is 12.2. The van der Waals surface area contributed by atoms with Gasteiger partial charge in [0.15, 0.2) is 0 Å². The van der Waals surface area contributed by atoms with E-state index in [2.05, 4.69) is 18.7 Å². The van der Waals surface area contributed by atoms with E-state index < -0.39 is 0 Å². The molecule has 1 atom stereocenters. The van der Waals surface area contributed by atoms with E-state index in [0.717, 1.165) is 25.9 Å². The Hall–Kier alpha value is -0.530. The predicted octanol–water partition coefficient (Wildman–Crippen LogP) is 2.44. The molecule has 0 aromatic heterocycles. The highest BCUT2D eigenvalue weighted by Crippen LogP contribution is 2.42. The van der Waals surface area contributed by atoms with Gasteiger partial charge in [-0.3, -0.25) is 4.79 Å². The van der Waals surface area contributed by atoms with Crippen LogP contribution in [0.25, 0.3) is 0 Å². The zero-order valence-corrected chi connectivity index (χ0v) is 9.38. The first-order chi connectivity index (χ1) is 6.62. The molecule has 80 valence electrons. The molecule has 2 aliphatic rings. The van der Waals surface area contributed by atoms with Crippen LogP contribution in [0.4, 0.5) is 0 Å². The monoisotopic (exact) mass is 195 g/mol. The van der Waals surface area contributed by atoms with Crippen molar-refractivity contribution in [2.24, 2.45) is 11.3 Å². The topological polar surface area (TPSA) is 20.3 Å². The van der Waals surface area contributed by atoms with E-state index in [1.54, 1.807) is 0 Å². The van der Waals surface area contributed by atoms with Gasteiger partial charge in [0.1, 0.15) is 0 Å². The second-order valence-electron chi connectivity index (χ2n) is 5.41. The van der Waals surface area contributed by atoms with Gasteiger partial charge in [-0.25, -0.2) is 0 Å². The second-order valence-corrected chi connectivity index (χ2v) is 5.41. The molecule has 0 aromatic rings. The van der Waals surface area contributed by atoms with Crippen molar-refractivity contribution in [3.63, 3.8) is 0 Å². The second kappa shape index (κ2) is 3.56. The third-order valence-electron chi connectivity index (χ3n) is 3.92. The molecule has 0 bridgehead atoms. The summed E-state index contributed by atoms with van der Waals surface area (Å²) in [4.78, 5) is 14.3. The summed E-state index contributed by atoms with van der Waals surface area (Å²) < 4.78 is 0. The standard InChI is InChI=1S/C12H21NO/c1-10-5-3-8-13(9-10)11(14)12(2)6-4-7-12/h10H,3-9H2,1-2H3. The summed E-state index contributed by atoms with van der Waals surface area (Å²) >= 11 is 0. The number of carbonyl (C=O) groups is 1. The molecule has 1 saturated heterocycles. The highest BCUT2D eigenvalue weighted by atomic mass is 16.2. The van der Waals surface area contributed by atoms with Crippen molar-refractivity contribution < 1.29 is 4.79 Å². The van der Waals surface area contributed by atoms with Crippen molar-refractivity contribution in [3.8, 4) is 0 Å². The van der Waals surface area contributed by atoms with Gasteiger partial charge in [-0.1, -0.05) is 20.3 Å². The van der Waals surface area contributed by atoms with E-state index in [0.29, 0.717) is 11.8 Å². The normalized spacial score (nSPS) is 31.0. The number of hydrogen-bond acceptors (Lipinski definition) is 1. The minimum Gasteiger partial charge on any atom is -0.342 e. The van der Waals surface area contributed by atoms with Gasteiger partial charge in [0.25, 0.3) is 0 Å². The lowest BCUT2D eigenvalue weighted by Crippen LogP contribution is -2.49. The molecule has 0 radical (unpaired) electrons. The quantitative estimate of drug-likeness (QED) is 0.629. The fraction of sp³-hybridized carbons (Fsp3) is 0.917. The van der Waals surface area contributed by atoms with E-state index in [-0.39, 0.29) is 5.41 Å². The number of piperidine rings is 1. The molecule has 1 aliphatic heterocycles. The Kier molecular flexibility index (Phi) is 2.54. The Morgan fingerprint density at radius 2 is 2.07 bits per heavy atom. The fourth-order valence-electron chi connectivity index (χ4n) is 2.68. The predicted molar refractivity (Wildman–Crippen MR) is 56.9 cm³/mol. The van der Waals surface area contributed by atoms with Crippen LogP contribution in [0.1, 0.15) is 46.0 Å². The van der Waals surface area contributed by atoms with Gasteiger partial charge in [0.05, 0.1) is 0 Å². The average Bonchev–Trinajstić information content (AvgIpc) is 2.13. The Labute approximate surface area is 86.7 Å². The lowest BCUT2D eigenvalue weighted by atomic mass is 9.69. The third-order valence-corrected chi connectivity index (χ3v) is 3.92. The van der Waals surface area contributed by atoms with Crippen molar-refractivity contribution in [2.45, 2.75) is 46.0 Å². The van der Waals surface area contributed by atoms with E-state index in [1.807, 2.05) is 0 Å². The lowest BCUT2D eigenvalue weighted by molar-refractivity contribution is -0.147. The minimum absolute atomic E-state index is 0.0110. The molecule has 2 fully saturated rings. The summed E-state index contributed by atoms with van der Waals surface area (Å²) in [7, 11) is 0. The molecule has 2 rings (SSSR count). The van der Waals surface area contributed by atoms with Crippen molar-refractivity contribution >= 4 is 5.91 Å². The summed E-state index contributed by atoms with van der Waals surface area (Å²) in [5, 5.41) is 0. The SMILES string of the molecule is CC1CCCN(C(=O)C2(C)CCC2)C1. The van der Waals surface area contributed by atoms with Gasteiger partial charge in [-0.15, -0.1) is 0 Å². The van der Waals surface area contributed by atoms with Gasteiger partial charge in [0, 0.05) is 18.5 Å². The Morgan fingerprint density at radius 3 is 2.57 bits per heavy atom. The van der Waals surface area contributed by atoms with Gasteiger partial charge in [-0.2, -0.15) is 0 Å². The van der Waals surface area contributed by atoms with E-state index in [4.69, 9.17) is 0 Å². The molecule has 1 amide bonds. The summed E-state index contributed by atoms with van der Waals surface area (Å²) in [6, 6.07) is 0. The number of carbonyl (C=O) groups excluding carboxylic acids is 1. The first kappa shape index (κ1) is 10.0. The molecular weight excluding hydrogens is 174 g/mol. The molecule has 2 heteroatoms. The summed E-state index contributed by atoms with van der Waals surface area (Å²) in [6.07, 6.45) is 5.95. The number of rotatable bonds is 1. The number of hydrogen-bond donors (Lipinski definition) is 0. The largest absolute Gasteiger partial charge is 0.342 e. The number of amides is 1. The summed E-state index contributed by atoms with van der Waals surface area (Å²) in [6.45, 7) is 6.38. The molecule has 1 heterocycles. The van der Waals surface area contributed by atoms with E-state index >= 15 is 0 Å². The van der Waals surface area contributed by atoms with Crippen LogP contribution < -0.4 is 0 Å². The molecule has 0 N–H and O–H groups in total. The van der Waals surface area contributed by atoms with Crippen LogP contribution in [0.3, 0.4) is 0 Å². The van der Waals surface area contributed by atoms with Crippen molar-refractivity contribution in [3.05, 3.63) is 0 Å². The Morgan fingerprint density at radius 1 is 1.36 bits per heavy atom. The van der Waals surface area contributed by atoms with E-state index in [1.165, 1.54) is 19.3 Å². The summed E-state index contributed by atoms with van der Waals surface area (Å²) in [5.74, 6) is 1.13. The van der Waals surface area contributed by atoms with Crippen molar-refractivity contribution in [1.29, 1.82) is 0 Å². The minimum atomic E-state index is 0.0110. The smallest absolute Gasteiger partial charge is 0.228 e. The molecular formula is C12H21NO. The van der Waals surface area contributed by atoms with Crippen molar-refractivity contribution in [2.75, 3.05) is 13.1 Å². The fourth-order valence-corrected chi connectivity index (χ4v) is 2.68. The first-order valence-corrected chi connectivity index (χ1v) is 5.91. The molecule has 1 aliphatic carbocycles. The average molecular weight is 195 g/mol. The van der Waals surface area contributed by atoms with Crippen molar-refractivity contribution in [1.82, 2.24) is 4.90 Å². The Bertz CT molecular complexity index is 232. The van der Waals surface area contributed by atoms with Crippen LogP contribution in [0, 0.1) is 11.3 Å². The lowest BCUT2D eigenvalue weighted by Gasteiger charge is -2.43. The summed E-state index contributed by atoms with van der Waals surface area (Å²) in [5.41, 5.74) is 0.0110. The zero-order valence-electron chi connectivity index (χ0n) is 9.38. The van der Waals surface area contributed by atoms with Gasteiger partial charge in [-0.05, 0) is 31.6 Å². The first-order valence-electron chi connectivity index (χ1n) is 5.91. The molecule has 1 saturated carbocycles. The highest BCUT2D eigenvalue weighted by Gasteiger charge is 2.42. The number of likely N-dealkylation sites (tertiary alicyclic amines) is 1. The maximum Gasteiger partial charge on any atom is 0.228 e. The third kappa shape index (κ3) is 1.67. The van der Waals surface area contributed by atoms with Crippen LogP contribution in [0.15, 0.2) is 0 Å². The van der Waals surface area contributed by atoms with Crippen LogP contribution >= 0.6 is 0 Å².